The maximum absolute atomic E-state index is 16.6. The van der Waals surface area contributed by atoms with Crippen LogP contribution in [-0.4, -0.2) is 75.2 Å². The number of halogens is 2. The van der Waals surface area contributed by atoms with E-state index in [1.54, 1.807) is 25.3 Å². The lowest BCUT2D eigenvalue weighted by Crippen LogP contribution is -2.51. The molecule has 5 heterocycles. The van der Waals surface area contributed by atoms with E-state index in [2.05, 4.69) is 40.6 Å². The predicted molar refractivity (Wildman–Crippen MR) is 185 cm³/mol. The molecule has 0 spiro atoms. The molecule has 16 heteroatoms. The van der Waals surface area contributed by atoms with Crippen LogP contribution in [0.4, 0.5) is 15.9 Å². The van der Waals surface area contributed by atoms with Crippen LogP contribution >= 0.6 is 11.6 Å². The van der Waals surface area contributed by atoms with E-state index in [0.29, 0.717) is 51.8 Å². The Balaban J connectivity index is 1.09. The number of benzene rings is 3. The van der Waals surface area contributed by atoms with E-state index < -0.39 is 28.4 Å². The second kappa shape index (κ2) is 12.6. The first-order valence-electron chi connectivity index (χ1n) is 15.9. The van der Waals surface area contributed by atoms with Crippen molar-refractivity contribution < 1.29 is 22.3 Å². The summed E-state index contributed by atoms with van der Waals surface area (Å²) in [4.78, 5) is 32.5. The molecular formula is C34H29ClFN9O4S. The number of carbonyl (C=O) groups excluding carboxylic acids is 1. The summed E-state index contributed by atoms with van der Waals surface area (Å²) in [6, 6.07) is 16.9. The van der Waals surface area contributed by atoms with Crippen molar-refractivity contribution in [1.82, 2.24) is 34.4 Å². The van der Waals surface area contributed by atoms with E-state index in [-0.39, 0.29) is 34.2 Å². The number of amides is 1. The van der Waals surface area contributed by atoms with Gasteiger partial charge in [-0.1, -0.05) is 41.9 Å². The number of rotatable bonds is 8. The van der Waals surface area contributed by atoms with Crippen molar-refractivity contribution in [3.8, 4) is 17.3 Å². The monoisotopic (exact) mass is 713 g/mol. The van der Waals surface area contributed by atoms with Gasteiger partial charge in [0, 0.05) is 53.0 Å². The number of hydrogen-bond donors (Lipinski definition) is 2. The number of aromatic nitrogens is 6. The number of fused-ring (bicyclic) bond motifs is 4. The zero-order valence-corrected chi connectivity index (χ0v) is 28.1. The van der Waals surface area contributed by atoms with Crippen molar-refractivity contribution in [1.29, 1.82) is 0 Å². The van der Waals surface area contributed by atoms with Gasteiger partial charge in [0.25, 0.3) is 15.9 Å². The lowest BCUT2D eigenvalue weighted by molar-refractivity contribution is -0.118. The van der Waals surface area contributed by atoms with E-state index in [0.717, 1.165) is 28.6 Å². The molecule has 0 radical (unpaired) electrons. The van der Waals surface area contributed by atoms with Gasteiger partial charge in [0.15, 0.2) is 12.4 Å². The summed E-state index contributed by atoms with van der Waals surface area (Å²) in [7, 11) is -3.94. The van der Waals surface area contributed by atoms with Crippen LogP contribution in [0.2, 0.25) is 5.02 Å². The van der Waals surface area contributed by atoms with Gasteiger partial charge in [0.05, 0.1) is 10.3 Å². The van der Waals surface area contributed by atoms with E-state index >= 15 is 4.39 Å². The number of anilines is 2. The van der Waals surface area contributed by atoms with Crippen LogP contribution in [0.25, 0.3) is 32.9 Å². The minimum atomic E-state index is -3.94. The number of aryl methyl sites for hydroxylation is 1. The maximum Gasteiger partial charge on any atom is 0.319 e. The van der Waals surface area contributed by atoms with Crippen molar-refractivity contribution in [2.75, 3.05) is 29.9 Å². The van der Waals surface area contributed by atoms with Gasteiger partial charge in [-0.3, -0.25) is 9.78 Å². The molecule has 2 bridgehead atoms. The summed E-state index contributed by atoms with van der Waals surface area (Å²) in [5.74, 6) is -0.437. The van der Waals surface area contributed by atoms with Crippen LogP contribution in [-0.2, 0) is 14.8 Å². The molecule has 8 rings (SSSR count). The fourth-order valence-corrected chi connectivity index (χ4v) is 7.94. The molecule has 6 aromatic rings. The van der Waals surface area contributed by atoms with Gasteiger partial charge in [-0.15, -0.1) is 9.19 Å². The minimum Gasteiger partial charge on any atom is -0.453 e. The number of piperazine rings is 1. The Morgan fingerprint density at radius 1 is 1.04 bits per heavy atom. The number of pyridine rings is 1. The molecule has 2 N–H and O–H groups in total. The molecule has 3 aromatic heterocycles. The van der Waals surface area contributed by atoms with Gasteiger partial charge in [-0.2, -0.15) is 18.4 Å². The third kappa shape index (κ3) is 5.86. The Morgan fingerprint density at radius 3 is 2.50 bits per heavy atom. The molecule has 0 saturated carbocycles. The molecule has 13 nitrogen and oxygen atoms in total. The first-order chi connectivity index (χ1) is 24.1. The van der Waals surface area contributed by atoms with Gasteiger partial charge in [-0.05, 0) is 55.5 Å². The minimum absolute atomic E-state index is 0.00437. The van der Waals surface area contributed by atoms with E-state index in [4.69, 9.17) is 16.3 Å². The normalized spacial score (nSPS) is 17.4. The van der Waals surface area contributed by atoms with Crippen molar-refractivity contribution in [3.05, 3.63) is 89.9 Å². The Bertz CT molecular complexity index is 2390. The van der Waals surface area contributed by atoms with Crippen LogP contribution < -0.4 is 20.3 Å². The van der Waals surface area contributed by atoms with Crippen LogP contribution in [0, 0.1) is 12.7 Å². The van der Waals surface area contributed by atoms with Crippen LogP contribution in [0.5, 0.6) is 6.01 Å². The Labute approximate surface area is 290 Å². The molecular weight excluding hydrogens is 685 g/mol. The highest BCUT2D eigenvalue weighted by Crippen LogP contribution is 2.38. The van der Waals surface area contributed by atoms with Crippen molar-refractivity contribution in [2.24, 2.45) is 0 Å². The number of nitrogens with one attached hydrogen (secondary N) is 2. The van der Waals surface area contributed by atoms with Gasteiger partial charge in [0.1, 0.15) is 29.2 Å². The van der Waals surface area contributed by atoms with E-state index in [1.807, 2.05) is 24.3 Å². The lowest BCUT2D eigenvalue weighted by Gasteiger charge is -2.34. The van der Waals surface area contributed by atoms with E-state index in [1.165, 1.54) is 24.3 Å². The van der Waals surface area contributed by atoms with Gasteiger partial charge >= 0.3 is 6.01 Å². The molecule has 50 heavy (non-hydrogen) atoms. The Morgan fingerprint density at radius 2 is 1.78 bits per heavy atom. The average Bonchev–Trinajstić information content (AvgIpc) is 3.71. The molecule has 2 fully saturated rings. The summed E-state index contributed by atoms with van der Waals surface area (Å²) in [6.07, 6.45) is 4.75. The highest BCUT2D eigenvalue weighted by Gasteiger charge is 2.34. The summed E-state index contributed by atoms with van der Waals surface area (Å²) in [5.41, 5.74) is 0.934. The topological polar surface area (TPSA) is 157 Å². The zero-order chi connectivity index (χ0) is 34.6. The first-order valence-corrected chi connectivity index (χ1v) is 17.7. The van der Waals surface area contributed by atoms with Gasteiger partial charge < -0.3 is 20.3 Å². The van der Waals surface area contributed by atoms with Crippen LogP contribution in [0.15, 0.2) is 78.1 Å². The smallest absolute Gasteiger partial charge is 0.319 e. The number of hydrogen-bond acceptors (Lipinski definition) is 11. The zero-order valence-electron chi connectivity index (χ0n) is 26.5. The average molecular weight is 714 g/mol. The lowest BCUT2D eigenvalue weighted by atomic mass is 10.0. The molecule has 2 atom stereocenters. The Kier molecular flexibility index (Phi) is 8.04. The van der Waals surface area contributed by atoms with Crippen LogP contribution in [0.1, 0.15) is 18.7 Å². The molecule has 2 unspecified atom stereocenters. The van der Waals surface area contributed by atoms with Crippen molar-refractivity contribution in [2.45, 2.75) is 36.7 Å². The molecule has 254 valence electrons. The van der Waals surface area contributed by atoms with Gasteiger partial charge in [0.2, 0.25) is 0 Å². The number of ether oxygens (including phenoxy) is 1. The summed E-state index contributed by atoms with van der Waals surface area (Å²) < 4.78 is 48.8. The SMILES string of the molecule is Cc1ncn(S(=O)(=O)c2ccc(NC(=O)COc3nc(N4CC5CCC(C4)N5)c4cnc(-c5cccc6cccc(Cl)c56)c(F)c4n3)cc2)n1. The third-order valence-electron chi connectivity index (χ3n) is 8.87. The maximum atomic E-state index is 16.6. The fourth-order valence-electron chi connectivity index (χ4n) is 6.57. The second-order valence-corrected chi connectivity index (χ2v) is 14.4. The van der Waals surface area contributed by atoms with Crippen LogP contribution in [0.3, 0.4) is 0 Å². The van der Waals surface area contributed by atoms with Crippen molar-refractivity contribution in [3.63, 3.8) is 0 Å². The molecule has 2 aliphatic rings. The number of nitrogens with zero attached hydrogens (tertiary/aromatic N) is 7. The molecule has 2 aliphatic heterocycles. The molecule has 3 aromatic carbocycles. The second-order valence-electron chi connectivity index (χ2n) is 12.2. The molecule has 0 aliphatic carbocycles. The largest absolute Gasteiger partial charge is 0.453 e. The first kappa shape index (κ1) is 32.0. The highest BCUT2D eigenvalue weighted by molar-refractivity contribution is 7.89. The predicted octanol–water partition coefficient (Wildman–Crippen LogP) is 4.73. The summed E-state index contributed by atoms with van der Waals surface area (Å²) >= 11 is 6.57. The standard InChI is InChI=1S/C34H29ClFN9O4S/c1-19-38-18-45(43-19)50(47,48)24-12-10-21(11-13-24)40-28(46)17-49-34-41-32-26(33(42-34)44-15-22-8-9-23(16-44)39-22)14-37-31(30(32)36)25-6-2-4-20-5-3-7-27(35)29(20)25/h2-7,10-14,18,22-23,39H,8-9,15-17H2,1H3,(H,40,46). The quantitative estimate of drug-likeness (QED) is 0.225. The van der Waals surface area contributed by atoms with Crippen molar-refractivity contribution >= 4 is 60.7 Å². The highest BCUT2D eigenvalue weighted by atomic mass is 35.5. The number of carbonyl (C=O) groups is 1. The van der Waals surface area contributed by atoms with E-state index in [9.17, 15) is 13.2 Å². The summed E-state index contributed by atoms with van der Waals surface area (Å²) in [5, 5.41) is 12.5. The third-order valence-corrected chi connectivity index (χ3v) is 10.7. The van der Waals surface area contributed by atoms with Gasteiger partial charge in [-0.25, -0.2) is 9.37 Å². The fraction of sp³-hybridized carbons (Fsp3) is 0.235. The molecule has 2 saturated heterocycles. The summed E-state index contributed by atoms with van der Waals surface area (Å²) in [6.45, 7) is 2.41. The molecule has 1 amide bonds. The Hall–Kier alpha value is -5.25.